The summed E-state index contributed by atoms with van der Waals surface area (Å²) >= 11 is 0. The molecule has 0 aliphatic carbocycles. The first-order valence-electron chi connectivity index (χ1n) is 9.53. The zero-order chi connectivity index (χ0) is 20.2. The van der Waals surface area contributed by atoms with E-state index in [0.717, 1.165) is 17.5 Å². The second kappa shape index (κ2) is 8.36. The molecular weight excluding hydrogens is 368 g/mol. The Kier molecular flexibility index (Phi) is 5.48. The van der Waals surface area contributed by atoms with Crippen molar-refractivity contribution in [3.63, 3.8) is 0 Å². The maximum absolute atomic E-state index is 12.8. The maximum Gasteiger partial charge on any atom is 0.253 e. The number of H-pyrrole nitrogens is 1. The van der Waals surface area contributed by atoms with Crippen LogP contribution in [0.15, 0.2) is 59.7 Å². The number of aromatic amines is 1. The number of aromatic nitrogens is 3. The highest BCUT2D eigenvalue weighted by Crippen LogP contribution is 2.27. The summed E-state index contributed by atoms with van der Waals surface area (Å²) in [5.74, 6) is 0.525. The quantitative estimate of drug-likeness (QED) is 0.723. The lowest BCUT2D eigenvalue weighted by Crippen LogP contribution is -2.28. The van der Waals surface area contributed by atoms with E-state index < -0.39 is 0 Å². The van der Waals surface area contributed by atoms with Gasteiger partial charge in [-0.1, -0.05) is 12.1 Å². The summed E-state index contributed by atoms with van der Waals surface area (Å²) in [7, 11) is 1.64. The SMILES string of the molecule is COCc1ccc(C(=O)N2CC[C@H](c3cc(=O)[nH]c(-c4cccnc4)n3)C2)cc1. The van der Waals surface area contributed by atoms with Gasteiger partial charge in [-0.3, -0.25) is 14.6 Å². The third-order valence-corrected chi connectivity index (χ3v) is 5.10. The number of rotatable bonds is 5. The van der Waals surface area contributed by atoms with E-state index in [0.29, 0.717) is 36.8 Å². The Morgan fingerprint density at radius 2 is 2.10 bits per heavy atom. The molecule has 1 atom stereocenters. The Morgan fingerprint density at radius 1 is 1.28 bits per heavy atom. The molecule has 1 aromatic carbocycles. The topological polar surface area (TPSA) is 88.2 Å². The van der Waals surface area contributed by atoms with E-state index >= 15 is 0 Å². The maximum atomic E-state index is 12.8. The number of nitrogens with zero attached hydrogens (tertiary/aromatic N) is 3. The number of methoxy groups -OCH3 is 1. The van der Waals surface area contributed by atoms with Gasteiger partial charge in [0.05, 0.1) is 12.3 Å². The van der Waals surface area contributed by atoms with E-state index in [1.54, 1.807) is 25.6 Å². The smallest absolute Gasteiger partial charge is 0.253 e. The molecule has 4 rings (SSSR count). The molecular formula is C22H22N4O3. The minimum atomic E-state index is -0.202. The molecule has 0 unspecified atom stereocenters. The van der Waals surface area contributed by atoms with Gasteiger partial charge in [0.15, 0.2) is 0 Å². The van der Waals surface area contributed by atoms with Crippen molar-refractivity contribution in [1.82, 2.24) is 19.9 Å². The monoisotopic (exact) mass is 390 g/mol. The van der Waals surface area contributed by atoms with Gasteiger partial charge in [0, 0.05) is 55.7 Å². The lowest BCUT2D eigenvalue weighted by Gasteiger charge is -2.17. The summed E-state index contributed by atoms with van der Waals surface area (Å²) in [5, 5.41) is 0. The lowest BCUT2D eigenvalue weighted by molar-refractivity contribution is 0.0790. The number of benzene rings is 1. The highest BCUT2D eigenvalue weighted by molar-refractivity contribution is 5.94. The Bertz CT molecular complexity index is 1050. The number of amides is 1. The number of carbonyl (C=O) groups is 1. The number of hydrogen-bond acceptors (Lipinski definition) is 5. The Morgan fingerprint density at radius 3 is 2.83 bits per heavy atom. The van der Waals surface area contributed by atoms with E-state index in [4.69, 9.17) is 4.74 Å². The third-order valence-electron chi connectivity index (χ3n) is 5.10. The van der Waals surface area contributed by atoms with Crippen LogP contribution >= 0.6 is 0 Å². The molecule has 0 saturated carbocycles. The van der Waals surface area contributed by atoms with Crippen molar-refractivity contribution in [3.8, 4) is 11.4 Å². The third kappa shape index (κ3) is 4.25. The molecule has 0 spiro atoms. The molecule has 1 fully saturated rings. The molecule has 1 N–H and O–H groups in total. The van der Waals surface area contributed by atoms with Gasteiger partial charge in [0.2, 0.25) is 0 Å². The zero-order valence-corrected chi connectivity index (χ0v) is 16.2. The minimum absolute atomic E-state index is 0.00575. The van der Waals surface area contributed by atoms with Crippen LogP contribution in [0, 0.1) is 0 Å². The standard InChI is InChI=1S/C22H22N4O3/c1-29-14-15-4-6-16(7-5-15)22(28)26-10-8-18(13-26)19-11-20(27)25-21(24-19)17-3-2-9-23-12-17/h2-7,9,11-12,18H,8,10,13-14H2,1H3,(H,24,25,27)/t18-/m0/s1. The van der Waals surface area contributed by atoms with Gasteiger partial charge < -0.3 is 14.6 Å². The molecule has 7 nitrogen and oxygen atoms in total. The second-order valence-electron chi connectivity index (χ2n) is 7.13. The van der Waals surface area contributed by atoms with E-state index in [1.807, 2.05) is 35.2 Å². The molecule has 1 saturated heterocycles. The first-order valence-corrected chi connectivity index (χ1v) is 9.53. The summed E-state index contributed by atoms with van der Waals surface area (Å²) in [6.07, 6.45) is 4.12. The molecule has 0 radical (unpaired) electrons. The minimum Gasteiger partial charge on any atom is -0.380 e. The van der Waals surface area contributed by atoms with Crippen LogP contribution < -0.4 is 5.56 Å². The average Bonchev–Trinajstić information content (AvgIpc) is 3.25. The highest BCUT2D eigenvalue weighted by atomic mass is 16.5. The normalized spacial score (nSPS) is 16.2. The predicted octanol–water partition coefficient (Wildman–Crippen LogP) is 2.61. The molecule has 2 aromatic heterocycles. The summed E-state index contributed by atoms with van der Waals surface area (Å²) in [5.41, 5.74) is 2.94. The molecule has 1 aliphatic rings. The van der Waals surface area contributed by atoms with Gasteiger partial charge in [-0.2, -0.15) is 0 Å². The van der Waals surface area contributed by atoms with Gasteiger partial charge in [0.1, 0.15) is 5.82 Å². The molecule has 1 aliphatic heterocycles. The first-order chi connectivity index (χ1) is 14.1. The number of carbonyl (C=O) groups excluding carboxylic acids is 1. The predicted molar refractivity (Wildman–Crippen MR) is 109 cm³/mol. The highest BCUT2D eigenvalue weighted by Gasteiger charge is 2.29. The Labute approximate surface area is 168 Å². The van der Waals surface area contributed by atoms with E-state index in [9.17, 15) is 9.59 Å². The van der Waals surface area contributed by atoms with Crippen LogP contribution in [-0.4, -0.2) is 46.0 Å². The van der Waals surface area contributed by atoms with Crippen molar-refractivity contribution in [1.29, 1.82) is 0 Å². The molecule has 3 aromatic rings. The van der Waals surface area contributed by atoms with Crippen molar-refractivity contribution in [2.24, 2.45) is 0 Å². The molecule has 0 bridgehead atoms. The fourth-order valence-corrected chi connectivity index (χ4v) is 3.60. The van der Waals surface area contributed by atoms with Crippen LogP contribution in [0.5, 0.6) is 0 Å². The van der Waals surface area contributed by atoms with Gasteiger partial charge in [-0.15, -0.1) is 0 Å². The van der Waals surface area contributed by atoms with Crippen molar-refractivity contribution in [3.05, 3.63) is 82.0 Å². The number of hydrogen-bond donors (Lipinski definition) is 1. The summed E-state index contributed by atoms with van der Waals surface area (Å²) in [4.78, 5) is 38.3. The second-order valence-corrected chi connectivity index (χ2v) is 7.13. The van der Waals surface area contributed by atoms with Crippen molar-refractivity contribution in [2.75, 3.05) is 20.2 Å². The van der Waals surface area contributed by atoms with Gasteiger partial charge in [-0.05, 0) is 36.2 Å². The number of likely N-dealkylation sites (tertiary alicyclic amines) is 1. The Hall–Kier alpha value is -3.32. The lowest BCUT2D eigenvalue weighted by atomic mass is 10.0. The molecule has 29 heavy (non-hydrogen) atoms. The molecule has 7 heteroatoms. The first kappa shape index (κ1) is 19.0. The van der Waals surface area contributed by atoms with Crippen LogP contribution in [0.4, 0.5) is 0 Å². The van der Waals surface area contributed by atoms with Crippen molar-refractivity contribution in [2.45, 2.75) is 18.9 Å². The van der Waals surface area contributed by atoms with Gasteiger partial charge in [0.25, 0.3) is 11.5 Å². The Balaban J connectivity index is 1.50. The van der Waals surface area contributed by atoms with Gasteiger partial charge >= 0.3 is 0 Å². The molecule has 1 amide bonds. The average molecular weight is 390 g/mol. The van der Waals surface area contributed by atoms with E-state index in [1.165, 1.54) is 6.07 Å². The largest absolute Gasteiger partial charge is 0.380 e. The van der Waals surface area contributed by atoms with E-state index in [2.05, 4.69) is 15.0 Å². The number of nitrogens with one attached hydrogen (secondary N) is 1. The summed E-state index contributed by atoms with van der Waals surface area (Å²) in [6, 6.07) is 12.7. The van der Waals surface area contributed by atoms with Crippen LogP contribution in [0.3, 0.4) is 0 Å². The summed E-state index contributed by atoms with van der Waals surface area (Å²) in [6.45, 7) is 1.70. The summed E-state index contributed by atoms with van der Waals surface area (Å²) < 4.78 is 5.11. The molecule has 3 heterocycles. The van der Waals surface area contributed by atoms with Crippen LogP contribution in [0.25, 0.3) is 11.4 Å². The number of ether oxygens (including phenoxy) is 1. The van der Waals surface area contributed by atoms with Gasteiger partial charge in [-0.25, -0.2) is 4.98 Å². The molecule has 148 valence electrons. The fourth-order valence-electron chi connectivity index (χ4n) is 3.60. The van der Waals surface area contributed by atoms with E-state index in [-0.39, 0.29) is 17.4 Å². The van der Waals surface area contributed by atoms with Crippen LogP contribution in [0.2, 0.25) is 0 Å². The fraction of sp³-hybridized carbons (Fsp3) is 0.273. The van der Waals surface area contributed by atoms with Crippen molar-refractivity contribution < 1.29 is 9.53 Å². The van der Waals surface area contributed by atoms with Crippen LogP contribution in [0.1, 0.15) is 34.0 Å². The number of pyridine rings is 1. The zero-order valence-electron chi connectivity index (χ0n) is 16.2. The van der Waals surface area contributed by atoms with Crippen molar-refractivity contribution >= 4 is 5.91 Å². The van der Waals surface area contributed by atoms with Crippen LogP contribution in [-0.2, 0) is 11.3 Å².